The molecule has 0 atom stereocenters. The molecule has 3 rings (SSSR count). The predicted octanol–water partition coefficient (Wildman–Crippen LogP) is 3.43. The van der Waals surface area contributed by atoms with E-state index in [4.69, 9.17) is 21.1 Å². The third-order valence-corrected chi connectivity index (χ3v) is 6.16. The zero-order valence-corrected chi connectivity index (χ0v) is 17.3. The molecule has 8 heteroatoms. The lowest BCUT2D eigenvalue weighted by molar-refractivity contribution is -0.162. The van der Waals surface area contributed by atoms with Gasteiger partial charge in [0.05, 0.1) is 25.6 Å². The lowest BCUT2D eigenvalue weighted by atomic mass is 9.83. The number of carbonyl (C=O) groups excluding carboxylic acids is 3. The number of esters is 2. The molecular formula is C19H17BrClNO5. The summed E-state index contributed by atoms with van der Waals surface area (Å²) < 4.78 is 12.0. The maximum absolute atomic E-state index is 13.1. The quantitative estimate of drug-likeness (QED) is 0.402. The molecule has 2 heterocycles. The second kappa shape index (κ2) is 7.13. The molecule has 0 radical (unpaired) electrons. The minimum atomic E-state index is -1.61. The van der Waals surface area contributed by atoms with E-state index in [1.54, 1.807) is 35.8 Å². The van der Waals surface area contributed by atoms with Crippen LogP contribution in [-0.2, 0) is 31.0 Å². The molecule has 0 N–H and O–H groups in total. The zero-order valence-electron chi connectivity index (χ0n) is 15.0. The Bertz CT molecular complexity index is 932. The van der Waals surface area contributed by atoms with Gasteiger partial charge in [-0.15, -0.1) is 0 Å². The molecule has 27 heavy (non-hydrogen) atoms. The molecule has 0 amide bonds. The number of benzene rings is 1. The van der Waals surface area contributed by atoms with E-state index in [0.29, 0.717) is 38.6 Å². The highest BCUT2D eigenvalue weighted by Gasteiger charge is 2.57. The Morgan fingerprint density at radius 3 is 2.19 bits per heavy atom. The molecule has 0 bridgehead atoms. The van der Waals surface area contributed by atoms with Gasteiger partial charge in [-0.2, -0.15) is 0 Å². The highest BCUT2D eigenvalue weighted by molar-refractivity contribution is 9.10. The van der Waals surface area contributed by atoms with Crippen molar-refractivity contribution >= 4 is 45.3 Å². The molecule has 1 aromatic carbocycles. The lowest BCUT2D eigenvalue weighted by Crippen LogP contribution is -2.44. The molecule has 0 saturated carbocycles. The van der Waals surface area contributed by atoms with Crippen molar-refractivity contribution in [3.05, 3.63) is 56.3 Å². The van der Waals surface area contributed by atoms with Gasteiger partial charge in [0, 0.05) is 21.6 Å². The average molecular weight is 455 g/mol. The number of aromatic nitrogens is 1. The Morgan fingerprint density at radius 2 is 1.67 bits per heavy atom. The van der Waals surface area contributed by atoms with Crippen LogP contribution in [0.25, 0.3) is 0 Å². The first-order valence-corrected chi connectivity index (χ1v) is 9.32. The predicted molar refractivity (Wildman–Crippen MR) is 102 cm³/mol. The van der Waals surface area contributed by atoms with Crippen LogP contribution in [0.3, 0.4) is 0 Å². The van der Waals surface area contributed by atoms with E-state index in [9.17, 15) is 14.4 Å². The van der Waals surface area contributed by atoms with Crippen molar-refractivity contribution in [1.29, 1.82) is 0 Å². The molecule has 0 saturated heterocycles. The first-order valence-electron chi connectivity index (χ1n) is 8.15. The van der Waals surface area contributed by atoms with E-state index in [1.807, 2.05) is 0 Å². The van der Waals surface area contributed by atoms with Crippen molar-refractivity contribution < 1.29 is 23.9 Å². The summed E-state index contributed by atoms with van der Waals surface area (Å²) in [5, 5.41) is 0.528. The standard InChI is InChI=1S/C19H17BrClNO5/c1-10-13(20)16-19(17(24)26-2,18(25)27-3)8-9-22(16)14(10)15(23)11-4-6-12(21)7-5-11/h4-7H,8-9H2,1-3H3. The largest absolute Gasteiger partial charge is 0.468 e. The highest BCUT2D eigenvalue weighted by atomic mass is 79.9. The Labute approximate surface area is 169 Å². The van der Waals surface area contributed by atoms with Gasteiger partial charge in [-0.05, 0) is 59.1 Å². The third kappa shape index (κ3) is 2.80. The Kier molecular flexibility index (Phi) is 5.18. The number of carbonyl (C=O) groups is 3. The highest BCUT2D eigenvalue weighted by Crippen LogP contribution is 2.45. The number of halogens is 2. The maximum Gasteiger partial charge on any atom is 0.329 e. The van der Waals surface area contributed by atoms with Crippen LogP contribution in [0.2, 0.25) is 5.02 Å². The molecule has 1 aromatic heterocycles. The fourth-order valence-electron chi connectivity index (χ4n) is 3.61. The molecule has 142 valence electrons. The smallest absolute Gasteiger partial charge is 0.329 e. The number of rotatable bonds is 4. The van der Waals surface area contributed by atoms with Crippen LogP contribution in [0, 0.1) is 6.92 Å². The maximum atomic E-state index is 13.1. The molecule has 0 unspecified atom stereocenters. The minimum absolute atomic E-state index is 0.154. The number of ketones is 1. The summed E-state index contributed by atoms with van der Waals surface area (Å²) in [4.78, 5) is 38.3. The van der Waals surface area contributed by atoms with Gasteiger partial charge < -0.3 is 14.0 Å². The molecule has 0 fully saturated rings. The van der Waals surface area contributed by atoms with Gasteiger partial charge in [-0.1, -0.05) is 11.6 Å². The van der Waals surface area contributed by atoms with Gasteiger partial charge in [-0.3, -0.25) is 14.4 Å². The van der Waals surface area contributed by atoms with E-state index >= 15 is 0 Å². The first-order chi connectivity index (χ1) is 12.8. The third-order valence-electron chi connectivity index (χ3n) is 4.94. The molecule has 2 aromatic rings. The fraction of sp³-hybridized carbons (Fsp3) is 0.316. The van der Waals surface area contributed by atoms with Crippen LogP contribution in [-0.4, -0.2) is 36.5 Å². The van der Waals surface area contributed by atoms with Crippen molar-refractivity contribution in [2.45, 2.75) is 25.3 Å². The van der Waals surface area contributed by atoms with Crippen LogP contribution in [0.5, 0.6) is 0 Å². The molecule has 1 aliphatic rings. The van der Waals surface area contributed by atoms with Crippen molar-refractivity contribution in [2.75, 3.05) is 14.2 Å². The topological polar surface area (TPSA) is 74.6 Å². The summed E-state index contributed by atoms with van der Waals surface area (Å²) >= 11 is 9.37. The Balaban J connectivity index is 2.22. The first kappa shape index (κ1) is 19.6. The molecule has 6 nitrogen and oxygen atoms in total. The van der Waals surface area contributed by atoms with Crippen LogP contribution >= 0.6 is 27.5 Å². The van der Waals surface area contributed by atoms with E-state index in [0.717, 1.165) is 0 Å². The second-order valence-electron chi connectivity index (χ2n) is 6.26. The summed E-state index contributed by atoms with van der Waals surface area (Å²) in [6, 6.07) is 6.56. The summed E-state index contributed by atoms with van der Waals surface area (Å²) in [6.45, 7) is 2.07. The number of hydrogen-bond acceptors (Lipinski definition) is 5. The lowest BCUT2D eigenvalue weighted by Gasteiger charge is -2.23. The van der Waals surface area contributed by atoms with E-state index < -0.39 is 17.4 Å². The van der Waals surface area contributed by atoms with E-state index in [-0.39, 0.29) is 12.2 Å². The molecule has 0 spiro atoms. The normalized spacial score (nSPS) is 14.6. The molecular weight excluding hydrogens is 438 g/mol. The van der Waals surface area contributed by atoms with Crippen LogP contribution in [0.4, 0.5) is 0 Å². The van der Waals surface area contributed by atoms with Crippen LogP contribution in [0.15, 0.2) is 28.7 Å². The fourth-order valence-corrected chi connectivity index (χ4v) is 4.48. The zero-order chi connectivity index (χ0) is 19.9. The summed E-state index contributed by atoms with van der Waals surface area (Å²) in [5.41, 5.74) is 0.293. The van der Waals surface area contributed by atoms with Gasteiger partial charge in [0.1, 0.15) is 0 Å². The van der Waals surface area contributed by atoms with Crippen molar-refractivity contribution in [1.82, 2.24) is 4.57 Å². The number of nitrogens with zero attached hydrogens (tertiary/aromatic N) is 1. The number of fused-ring (bicyclic) bond motifs is 1. The van der Waals surface area contributed by atoms with Crippen molar-refractivity contribution in [3.63, 3.8) is 0 Å². The summed E-state index contributed by atoms with van der Waals surface area (Å²) in [6.07, 6.45) is 0.154. The van der Waals surface area contributed by atoms with Crippen molar-refractivity contribution in [2.24, 2.45) is 0 Å². The Hall–Kier alpha value is -2.12. The molecule has 0 aliphatic carbocycles. The van der Waals surface area contributed by atoms with Gasteiger partial charge in [-0.25, -0.2) is 0 Å². The van der Waals surface area contributed by atoms with Gasteiger partial charge in [0.2, 0.25) is 11.2 Å². The Morgan fingerprint density at radius 1 is 1.11 bits per heavy atom. The van der Waals surface area contributed by atoms with Gasteiger partial charge in [0.25, 0.3) is 0 Å². The molecule has 1 aliphatic heterocycles. The second-order valence-corrected chi connectivity index (χ2v) is 7.49. The number of methoxy groups -OCH3 is 2. The van der Waals surface area contributed by atoms with Crippen LogP contribution < -0.4 is 0 Å². The van der Waals surface area contributed by atoms with Crippen LogP contribution in [0.1, 0.15) is 33.7 Å². The summed E-state index contributed by atoms with van der Waals surface area (Å²) in [7, 11) is 2.44. The SMILES string of the molecule is COC(=O)C1(C(=O)OC)CCn2c(C(=O)c3ccc(Cl)cc3)c(C)c(Br)c21. The number of hydrogen-bond donors (Lipinski definition) is 0. The number of ether oxygens (including phenoxy) is 2. The van der Waals surface area contributed by atoms with E-state index in [1.165, 1.54) is 14.2 Å². The van der Waals surface area contributed by atoms with E-state index in [2.05, 4.69) is 15.9 Å². The monoisotopic (exact) mass is 453 g/mol. The summed E-state index contributed by atoms with van der Waals surface area (Å²) in [5.74, 6) is -1.64. The average Bonchev–Trinajstić information content (AvgIpc) is 3.18. The van der Waals surface area contributed by atoms with Gasteiger partial charge >= 0.3 is 11.9 Å². The minimum Gasteiger partial charge on any atom is -0.468 e. The van der Waals surface area contributed by atoms with Crippen molar-refractivity contribution in [3.8, 4) is 0 Å². The van der Waals surface area contributed by atoms with Gasteiger partial charge in [0.15, 0.2) is 0 Å².